The van der Waals surface area contributed by atoms with E-state index < -0.39 is 0 Å². The van der Waals surface area contributed by atoms with Crippen LogP contribution in [-0.4, -0.2) is 26.6 Å². The molecule has 32 heavy (non-hydrogen) atoms. The van der Waals surface area contributed by atoms with Crippen molar-refractivity contribution in [2.45, 2.75) is 55.6 Å². The fraction of sp³-hybridized carbons (Fsp3) is 0.360. The van der Waals surface area contributed by atoms with Gasteiger partial charge in [-0.25, -0.2) is 14.4 Å². The Morgan fingerprint density at radius 2 is 1.88 bits per heavy atom. The maximum atomic E-state index is 13.3. The van der Waals surface area contributed by atoms with E-state index in [0.29, 0.717) is 6.04 Å². The topological polar surface area (TPSA) is 49.7 Å². The summed E-state index contributed by atoms with van der Waals surface area (Å²) in [6.45, 7) is 0.736. The molecule has 0 unspecified atom stereocenters. The van der Waals surface area contributed by atoms with Crippen LogP contribution in [0.5, 0.6) is 0 Å². The Kier molecular flexibility index (Phi) is 6.17. The normalized spacial score (nSPS) is 14.8. The lowest BCUT2D eigenvalue weighted by Crippen LogP contribution is -2.22. The Bertz CT molecular complexity index is 1140. The third-order valence-corrected chi connectivity index (χ3v) is 7.20. The number of halogens is 1. The van der Waals surface area contributed by atoms with E-state index in [4.69, 9.17) is 9.97 Å². The van der Waals surface area contributed by atoms with E-state index in [1.807, 2.05) is 43.6 Å². The van der Waals surface area contributed by atoms with E-state index in [0.717, 1.165) is 40.0 Å². The number of H-pyrrole nitrogens is 1. The van der Waals surface area contributed by atoms with Crippen LogP contribution in [0.3, 0.4) is 0 Å². The van der Waals surface area contributed by atoms with Gasteiger partial charge in [-0.1, -0.05) is 43.2 Å². The molecule has 1 aliphatic carbocycles. The van der Waals surface area contributed by atoms with Crippen LogP contribution in [0.2, 0.25) is 0 Å². The van der Waals surface area contributed by atoms with E-state index in [2.05, 4.69) is 20.5 Å². The molecular formula is C25H28FN5S. The van der Waals surface area contributed by atoms with Gasteiger partial charge in [-0.15, -0.1) is 0 Å². The van der Waals surface area contributed by atoms with Gasteiger partial charge in [0.1, 0.15) is 11.6 Å². The number of rotatable bonds is 7. The van der Waals surface area contributed by atoms with Gasteiger partial charge < -0.3 is 14.5 Å². The van der Waals surface area contributed by atoms with Gasteiger partial charge in [-0.3, -0.25) is 0 Å². The highest BCUT2D eigenvalue weighted by Gasteiger charge is 2.23. The maximum Gasteiger partial charge on any atom is 0.168 e. The van der Waals surface area contributed by atoms with Gasteiger partial charge in [0.25, 0.3) is 0 Å². The Hall–Kier alpha value is -2.80. The van der Waals surface area contributed by atoms with Crippen molar-refractivity contribution in [1.29, 1.82) is 0 Å². The second-order valence-corrected chi connectivity index (χ2v) is 9.46. The SMILES string of the molecule is CN(Cc1cnc(SCc2nc3ccccc3[nH]2)n1C1CCCCC1)c1ccc(F)cc1. The standard InChI is InChI=1S/C25H28FN5S/c1-30(19-13-11-18(26)12-14-19)16-21-15-27-25(31(21)20-7-3-2-4-8-20)32-17-24-28-22-9-5-6-10-23(22)29-24/h5-6,9-15,20H,2-4,7-8,16-17H2,1H3,(H,28,29). The molecule has 166 valence electrons. The fourth-order valence-electron chi connectivity index (χ4n) is 4.57. The predicted molar refractivity (Wildman–Crippen MR) is 129 cm³/mol. The van der Waals surface area contributed by atoms with Crippen LogP contribution >= 0.6 is 11.8 Å². The summed E-state index contributed by atoms with van der Waals surface area (Å²) >= 11 is 1.74. The zero-order chi connectivity index (χ0) is 21.9. The number of fused-ring (bicyclic) bond motifs is 1. The molecule has 2 aromatic heterocycles. The third kappa shape index (κ3) is 4.53. The number of aromatic amines is 1. The molecule has 0 spiro atoms. The summed E-state index contributed by atoms with van der Waals surface area (Å²) in [6.07, 6.45) is 8.25. The molecule has 0 saturated heterocycles. The van der Waals surface area contributed by atoms with Crippen LogP contribution in [0, 0.1) is 5.82 Å². The van der Waals surface area contributed by atoms with Gasteiger partial charge in [0.2, 0.25) is 0 Å². The molecule has 5 rings (SSSR count). The third-order valence-electron chi connectivity index (χ3n) is 6.22. The molecule has 0 aliphatic heterocycles. The van der Waals surface area contributed by atoms with E-state index >= 15 is 0 Å². The number of hydrogen-bond donors (Lipinski definition) is 1. The predicted octanol–water partition coefficient (Wildman–Crippen LogP) is 6.33. The molecule has 7 heteroatoms. The van der Waals surface area contributed by atoms with Crippen molar-refractivity contribution in [3.63, 3.8) is 0 Å². The highest BCUT2D eigenvalue weighted by atomic mass is 32.2. The molecule has 0 atom stereocenters. The van der Waals surface area contributed by atoms with Gasteiger partial charge in [0.15, 0.2) is 5.16 Å². The summed E-state index contributed by atoms with van der Waals surface area (Å²) in [5, 5.41) is 1.06. The van der Waals surface area contributed by atoms with Crippen molar-refractivity contribution in [2.75, 3.05) is 11.9 Å². The minimum Gasteiger partial charge on any atom is -0.369 e. The van der Waals surface area contributed by atoms with Crippen molar-refractivity contribution in [3.8, 4) is 0 Å². The van der Waals surface area contributed by atoms with Crippen LogP contribution in [0.15, 0.2) is 59.9 Å². The van der Waals surface area contributed by atoms with E-state index in [1.54, 1.807) is 11.8 Å². The number of nitrogens with zero attached hydrogens (tertiary/aromatic N) is 4. The molecule has 5 nitrogen and oxygen atoms in total. The van der Waals surface area contributed by atoms with Crippen LogP contribution in [0.25, 0.3) is 11.0 Å². The Labute approximate surface area is 192 Å². The molecule has 0 radical (unpaired) electrons. The number of anilines is 1. The average Bonchev–Trinajstić information content (AvgIpc) is 3.42. The van der Waals surface area contributed by atoms with Crippen molar-refractivity contribution >= 4 is 28.5 Å². The van der Waals surface area contributed by atoms with E-state index in [9.17, 15) is 4.39 Å². The largest absolute Gasteiger partial charge is 0.369 e. The Morgan fingerprint density at radius 1 is 1.09 bits per heavy atom. The van der Waals surface area contributed by atoms with Crippen LogP contribution in [0.4, 0.5) is 10.1 Å². The van der Waals surface area contributed by atoms with Crippen LogP contribution in [-0.2, 0) is 12.3 Å². The summed E-state index contributed by atoms with van der Waals surface area (Å²) in [7, 11) is 2.05. The van der Waals surface area contributed by atoms with Crippen molar-refractivity contribution in [2.24, 2.45) is 0 Å². The number of nitrogens with one attached hydrogen (secondary N) is 1. The maximum absolute atomic E-state index is 13.3. The van der Waals surface area contributed by atoms with Gasteiger partial charge in [0.05, 0.1) is 35.2 Å². The molecule has 0 amide bonds. The monoisotopic (exact) mass is 449 g/mol. The van der Waals surface area contributed by atoms with Gasteiger partial charge in [-0.2, -0.15) is 0 Å². The second-order valence-electron chi connectivity index (χ2n) is 8.52. The Morgan fingerprint density at radius 3 is 2.66 bits per heavy atom. The smallest absolute Gasteiger partial charge is 0.168 e. The number of aromatic nitrogens is 4. The highest BCUT2D eigenvalue weighted by molar-refractivity contribution is 7.98. The number of hydrogen-bond acceptors (Lipinski definition) is 4. The fourth-order valence-corrected chi connectivity index (χ4v) is 5.50. The molecule has 4 aromatic rings. The summed E-state index contributed by atoms with van der Waals surface area (Å²) in [5.74, 6) is 1.52. The Balaban J connectivity index is 1.37. The highest BCUT2D eigenvalue weighted by Crippen LogP contribution is 2.35. The summed E-state index contributed by atoms with van der Waals surface area (Å²) in [5.41, 5.74) is 4.27. The van der Waals surface area contributed by atoms with Crippen LogP contribution in [0.1, 0.15) is 49.7 Å². The van der Waals surface area contributed by atoms with Crippen molar-refractivity contribution in [1.82, 2.24) is 19.5 Å². The van der Waals surface area contributed by atoms with Gasteiger partial charge in [0, 0.05) is 18.8 Å². The van der Waals surface area contributed by atoms with E-state index in [-0.39, 0.29) is 5.82 Å². The molecular weight excluding hydrogens is 421 g/mol. The first kappa shape index (κ1) is 21.1. The molecule has 0 bridgehead atoms. The summed E-state index contributed by atoms with van der Waals surface area (Å²) < 4.78 is 15.8. The zero-order valence-corrected chi connectivity index (χ0v) is 19.1. The molecule has 1 aliphatic rings. The number of benzene rings is 2. The molecule has 1 fully saturated rings. The molecule has 2 aromatic carbocycles. The molecule has 1 saturated carbocycles. The minimum absolute atomic E-state index is 0.210. The van der Waals surface area contributed by atoms with Crippen LogP contribution < -0.4 is 4.90 Å². The number of imidazole rings is 2. The quantitative estimate of drug-likeness (QED) is 0.335. The van der Waals surface area contributed by atoms with Gasteiger partial charge >= 0.3 is 0 Å². The number of para-hydroxylation sites is 2. The average molecular weight is 450 g/mol. The van der Waals surface area contributed by atoms with Crippen molar-refractivity contribution in [3.05, 3.63) is 72.1 Å². The molecule has 1 N–H and O–H groups in total. The lowest BCUT2D eigenvalue weighted by atomic mass is 9.95. The van der Waals surface area contributed by atoms with Gasteiger partial charge in [-0.05, 0) is 49.2 Å². The first-order valence-electron chi connectivity index (χ1n) is 11.3. The lowest BCUT2D eigenvalue weighted by Gasteiger charge is -2.28. The summed E-state index contributed by atoms with van der Waals surface area (Å²) in [4.78, 5) is 15.1. The first-order valence-corrected chi connectivity index (χ1v) is 12.2. The zero-order valence-electron chi connectivity index (χ0n) is 18.3. The number of thioether (sulfide) groups is 1. The second kappa shape index (κ2) is 9.36. The lowest BCUT2D eigenvalue weighted by molar-refractivity contribution is 0.329. The minimum atomic E-state index is -0.210. The van der Waals surface area contributed by atoms with E-state index in [1.165, 1.54) is 49.9 Å². The summed E-state index contributed by atoms with van der Waals surface area (Å²) in [6, 6.07) is 15.3. The first-order chi connectivity index (χ1) is 15.7. The molecule has 2 heterocycles. The van der Waals surface area contributed by atoms with Crippen molar-refractivity contribution < 1.29 is 4.39 Å².